The Bertz CT molecular complexity index is 1850. The molecule has 0 N–H and O–H groups in total. The number of pyridine rings is 2. The van der Waals surface area contributed by atoms with Crippen molar-refractivity contribution < 1.29 is 0 Å². The van der Waals surface area contributed by atoms with Crippen molar-refractivity contribution in [3.05, 3.63) is 134 Å². The van der Waals surface area contributed by atoms with Crippen LogP contribution in [0.1, 0.15) is 0 Å². The molecule has 4 heteroatoms. The van der Waals surface area contributed by atoms with E-state index < -0.39 is 0 Å². The molecule has 0 saturated heterocycles. The third-order valence-corrected chi connectivity index (χ3v) is 7.49. The molecule has 0 bridgehead atoms. The number of aromatic nitrogens is 4. The predicted molar refractivity (Wildman–Crippen MR) is 156 cm³/mol. The van der Waals surface area contributed by atoms with Crippen molar-refractivity contribution in [2.75, 3.05) is 0 Å². The Morgan fingerprint density at radius 3 is 1.63 bits per heavy atom. The second-order valence-corrected chi connectivity index (χ2v) is 9.57. The van der Waals surface area contributed by atoms with E-state index >= 15 is 0 Å². The number of hydrogen-bond acceptors (Lipinski definition) is 2. The normalized spacial score (nSPS) is 11.7. The monoisotopic (exact) mass is 486 g/mol. The minimum absolute atomic E-state index is 0.943. The molecule has 4 heterocycles. The Labute approximate surface area is 219 Å². The van der Waals surface area contributed by atoms with Gasteiger partial charge in [0.1, 0.15) is 5.65 Å². The van der Waals surface area contributed by atoms with E-state index in [-0.39, 0.29) is 0 Å². The van der Waals surface area contributed by atoms with E-state index in [2.05, 4.69) is 128 Å². The number of hydrogen-bond donors (Lipinski definition) is 0. The Hall–Kier alpha value is -5.22. The van der Waals surface area contributed by atoms with Crippen molar-refractivity contribution in [3.8, 4) is 22.5 Å². The summed E-state index contributed by atoms with van der Waals surface area (Å²) in [5, 5.41) is 4.77. The number of nitrogens with zero attached hydrogens (tertiary/aromatic N) is 4. The molecule has 8 rings (SSSR count). The van der Waals surface area contributed by atoms with Crippen LogP contribution in [0, 0.1) is 0 Å². The maximum absolute atomic E-state index is 4.69. The van der Waals surface area contributed by atoms with Gasteiger partial charge in [0.15, 0.2) is 0 Å². The molecule has 0 aliphatic heterocycles. The summed E-state index contributed by atoms with van der Waals surface area (Å²) < 4.78 is 4.56. The highest BCUT2D eigenvalue weighted by Gasteiger charge is 2.14. The highest BCUT2D eigenvalue weighted by Crippen LogP contribution is 2.34. The number of para-hydroxylation sites is 2. The van der Waals surface area contributed by atoms with Crippen molar-refractivity contribution in [2.24, 2.45) is 0 Å². The molecule has 0 amide bonds. The fourth-order valence-electron chi connectivity index (χ4n) is 5.76. The fraction of sp³-hybridized carbons (Fsp3) is 0. The lowest BCUT2D eigenvalue weighted by molar-refractivity contribution is 1.13. The molecule has 0 aliphatic rings. The largest absolute Gasteiger partial charge is 0.309 e. The zero-order chi connectivity index (χ0) is 25.1. The van der Waals surface area contributed by atoms with Gasteiger partial charge in [0.05, 0.1) is 16.6 Å². The summed E-state index contributed by atoms with van der Waals surface area (Å²) in [6, 6.07) is 40.9. The first kappa shape index (κ1) is 20.9. The fourth-order valence-corrected chi connectivity index (χ4v) is 5.76. The van der Waals surface area contributed by atoms with Gasteiger partial charge in [-0.25, -0.2) is 4.98 Å². The lowest BCUT2D eigenvalue weighted by Gasteiger charge is -2.11. The van der Waals surface area contributed by atoms with E-state index in [1.54, 1.807) is 0 Å². The zero-order valence-corrected chi connectivity index (χ0v) is 20.5. The smallest absolute Gasteiger partial charge is 0.145 e. The lowest BCUT2D eigenvalue weighted by Crippen LogP contribution is -1.95. The van der Waals surface area contributed by atoms with Crippen LogP contribution in [0.5, 0.6) is 0 Å². The van der Waals surface area contributed by atoms with Crippen LogP contribution in [0.4, 0.5) is 0 Å². The van der Waals surface area contributed by atoms with Crippen LogP contribution in [0.3, 0.4) is 0 Å². The van der Waals surface area contributed by atoms with Gasteiger partial charge in [0.2, 0.25) is 0 Å². The summed E-state index contributed by atoms with van der Waals surface area (Å²) in [4.78, 5) is 9.03. The molecular formula is C34H22N4. The second kappa shape index (κ2) is 8.15. The highest BCUT2D eigenvalue weighted by molar-refractivity contribution is 6.09. The van der Waals surface area contributed by atoms with Crippen molar-refractivity contribution in [1.29, 1.82) is 0 Å². The van der Waals surface area contributed by atoms with E-state index in [0.717, 1.165) is 33.3 Å². The van der Waals surface area contributed by atoms with Crippen molar-refractivity contribution in [2.45, 2.75) is 0 Å². The van der Waals surface area contributed by atoms with Crippen molar-refractivity contribution >= 4 is 43.7 Å². The molecule has 178 valence electrons. The first-order valence-electron chi connectivity index (χ1n) is 12.8. The van der Waals surface area contributed by atoms with Crippen LogP contribution in [-0.4, -0.2) is 19.1 Å². The van der Waals surface area contributed by atoms with E-state index in [0.29, 0.717) is 0 Å². The summed E-state index contributed by atoms with van der Waals surface area (Å²) >= 11 is 0. The number of rotatable bonds is 3. The number of benzene rings is 4. The van der Waals surface area contributed by atoms with E-state index in [9.17, 15) is 0 Å². The van der Waals surface area contributed by atoms with Gasteiger partial charge in [-0.2, -0.15) is 0 Å². The van der Waals surface area contributed by atoms with Crippen LogP contribution in [0.15, 0.2) is 134 Å². The molecule has 4 nitrogen and oxygen atoms in total. The maximum Gasteiger partial charge on any atom is 0.145 e. The molecule has 4 aromatic carbocycles. The molecule has 0 radical (unpaired) electrons. The van der Waals surface area contributed by atoms with Crippen LogP contribution in [-0.2, 0) is 0 Å². The molecule has 0 fully saturated rings. The van der Waals surface area contributed by atoms with Gasteiger partial charge in [-0.15, -0.1) is 0 Å². The SMILES string of the molecule is c1ccc2c(c1)c1ccccc1n2-c1ccc(-c2ccc(-n3c4ccncc4c4cccnc43)cc2)cc1. The van der Waals surface area contributed by atoms with Crippen LogP contribution in [0.2, 0.25) is 0 Å². The zero-order valence-electron chi connectivity index (χ0n) is 20.5. The molecule has 0 saturated carbocycles. The lowest BCUT2D eigenvalue weighted by atomic mass is 10.0. The summed E-state index contributed by atoms with van der Waals surface area (Å²) in [7, 11) is 0. The summed E-state index contributed by atoms with van der Waals surface area (Å²) in [6.45, 7) is 0. The summed E-state index contributed by atoms with van der Waals surface area (Å²) in [5.41, 5.74) is 9.11. The summed E-state index contributed by atoms with van der Waals surface area (Å²) in [5.74, 6) is 0. The van der Waals surface area contributed by atoms with Gasteiger partial charge < -0.3 is 4.57 Å². The van der Waals surface area contributed by atoms with E-state index in [4.69, 9.17) is 0 Å². The quantitative estimate of drug-likeness (QED) is 0.252. The minimum atomic E-state index is 0.943. The molecule has 0 unspecified atom stereocenters. The minimum Gasteiger partial charge on any atom is -0.309 e. The molecule has 0 aliphatic carbocycles. The Morgan fingerprint density at radius 1 is 0.421 bits per heavy atom. The van der Waals surface area contributed by atoms with Gasteiger partial charge in [-0.3, -0.25) is 9.55 Å². The molecule has 4 aromatic heterocycles. The first-order chi connectivity index (χ1) is 18.9. The topological polar surface area (TPSA) is 35.6 Å². The molecule has 0 atom stereocenters. The predicted octanol–water partition coefficient (Wildman–Crippen LogP) is 8.34. The molecular weight excluding hydrogens is 464 g/mol. The van der Waals surface area contributed by atoms with Crippen LogP contribution >= 0.6 is 0 Å². The first-order valence-corrected chi connectivity index (χ1v) is 12.8. The van der Waals surface area contributed by atoms with Crippen LogP contribution in [0.25, 0.3) is 66.2 Å². The van der Waals surface area contributed by atoms with Gasteiger partial charge in [-0.05, 0) is 65.7 Å². The average Bonchev–Trinajstić information content (AvgIpc) is 3.51. The summed E-state index contributed by atoms with van der Waals surface area (Å²) in [6.07, 6.45) is 5.60. The molecule has 0 spiro atoms. The van der Waals surface area contributed by atoms with E-state index in [1.807, 2.05) is 24.7 Å². The van der Waals surface area contributed by atoms with E-state index in [1.165, 1.54) is 32.9 Å². The third kappa shape index (κ3) is 3.04. The van der Waals surface area contributed by atoms with Gasteiger partial charge in [0, 0.05) is 51.5 Å². The third-order valence-electron chi connectivity index (χ3n) is 7.49. The van der Waals surface area contributed by atoms with Crippen molar-refractivity contribution in [3.63, 3.8) is 0 Å². The van der Waals surface area contributed by atoms with Gasteiger partial charge >= 0.3 is 0 Å². The Morgan fingerprint density at radius 2 is 0.974 bits per heavy atom. The maximum atomic E-state index is 4.69. The van der Waals surface area contributed by atoms with Gasteiger partial charge in [0.25, 0.3) is 0 Å². The molecule has 38 heavy (non-hydrogen) atoms. The highest BCUT2D eigenvalue weighted by atomic mass is 15.0. The average molecular weight is 487 g/mol. The van der Waals surface area contributed by atoms with Crippen molar-refractivity contribution in [1.82, 2.24) is 19.1 Å². The Kier molecular flexibility index (Phi) is 4.49. The van der Waals surface area contributed by atoms with Gasteiger partial charge in [-0.1, -0.05) is 60.7 Å². The Balaban J connectivity index is 1.20. The second-order valence-electron chi connectivity index (χ2n) is 9.57. The number of fused-ring (bicyclic) bond motifs is 6. The standard InChI is InChI=1S/C34H22N4/c1-3-9-31-27(6-1)28-7-2-4-10-32(28)37(31)25-15-11-23(12-16-25)24-13-17-26(18-14-24)38-33-19-21-35-22-30(33)29-8-5-20-36-34(29)38/h1-22H. The van der Waals surface area contributed by atoms with Crippen LogP contribution < -0.4 is 0 Å². The molecule has 8 aromatic rings.